The minimum absolute atomic E-state index is 0.0838. The van der Waals surface area contributed by atoms with E-state index in [-0.39, 0.29) is 17.7 Å². The zero-order valence-corrected chi connectivity index (χ0v) is 19.0. The highest BCUT2D eigenvalue weighted by Gasteiger charge is 2.28. The van der Waals surface area contributed by atoms with E-state index in [0.29, 0.717) is 56.4 Å². The monoisotopic (exact) mass is 434 g/mol. The Labute approximate surface area is 183 Å². The van der Waals surface area contributed by atoms with Crippen molar-refractivity contribution >= 4 is 29.1 Å². The first-order valence-electron chi connectivity index (χ1n) is 11.0. The van der Waals surface area contributed by atoms with Crippen LogP contribution in [0.3, 0.4) is 0 Å². The van der Waals surface area contributed by atoms with Gasteiger partial charge in [0.15, 0.2) is 0 Å². The molecule has 3 heterocycles. The zero-order chi connectivity index (χ0) is 21.5. The van der Waals surface area contributed by atoms with Crippen molar-refractivity contribution in [1.82, 2.24) is 20.0 Å². The molecule has 1 aromatic heterocycles. The third-order valence-electron chi connectivity index (χ3n) is 5.94. The van der Waals surface area contributed by atoms with Gasteiger partial charge < -0.3 is 15.1 Å². The summed E-state index contributed by atoms with van der Waals surface area (Å²) in [7, 11) is 0. The van der Waals surface area contributed by atoms with Gasteiger partial charge in [0.1, 0.15) is 0 Å². The summed E-state index contributed by atoms with van der Waals surface area (Å²) < 4.78 is 0. The maximum Gasteiger partial charge on any atom is 0.252 e. The standard InChI is InChI=1S/C22H34N4O3S/c1-17-12-18(2)14-26(13-17)21(28)15-24-7-9-25(10-8-24)20(27)4-3-6-23-22(29)19-5-11-30-16-19/h5,11,16-18H,3-4,6-10,12-15H2,1-2H3,(H,23,29). The van der Waals surface area contributed by atoms with E-state index in [1.165, 1.54) is 17.8 Å². The van der Waals surface area contributed by atoms with Crippen molar-refractivity contribution in [2.45, 2.75) is 33.1 Å². The second-order valence-corrected chi connectivity index (χ2v) is 9.55. The number of thiophene rings is 1. The molecule has 7 nitrogen and oxygen atoms in total. The zero-order valence-electron chi connectivity index (χ0n) is 18.1. The summed E-state index contributed by atoms with van der Waals surface area (Å²) >= 11 is 1.49. The molecule has 30 heavy (non-hydrogen) atoms. The van der Waals surface area contributed by atoms with Gasteiger partial charge in [0, 0.05) is 63.2 Å². The van der Waals surface area contributed by atoms with E-state index in [9.17, 15) is 14.4 Å². The van der Waals surface area contributed by atoms with Crippen molar-refractivity contribution in [3.8, 4) is 0 Å². The number of likely N-dealkylation sites (tertiary alicyclic amines) is 1. The fourth-order valence-corrected chi connectivity index (χ4v) is 5.04. The molecule has 8 heteroatoms. The highest BCUT2D eigenvalue weighted by molar-refractivity contribution is 7.08. The number of nitrogens with one attached hydrogen (secondary N) is 1. The van der Waals surface area contributed by atoms with Crippen LogP contribution < -0.4 is 5.32 Å². The number of piperazine rings is 1. The van der Waals surface area contributed by atoms with Gasteiger partial charge in [-0.1, -0.05) is 13.8 Å². The highest BCUT2D eigenvalue weighted by Crippen LogP contribution is 2.21. The van der Waals surface area contributed by atoms with E-state index in [1.807, 2.05) is 20.6 Å². The van der Waals surface area contributed by atoms with E-state index < -0.39 is 0 Å². The van der Waals surface area contributed by atoms with Crippen LogP contribution in [-0.4, -0.2) is 84.8 Å². The second kappa shape index (κ2) is 10.9. The van der Waals surface area contributed by atoms with Crippen LogP contribution in [0, 0.1) is 11.8 Å². The molecular formula is C22H34N4O3S. The van der Waals surface area contributed by atoms with Gasteiger partial charge in [-0.05, 0) is 36.1 Å². The molecule has 0 bridgehead atoms. The summed E-state index contributed by atoms with van der Waals surface area (Å²) in [4.78, 5) is 43.0. The molecule has 0 aliphatic carbocycles. The lowest BCUT2D eigenvalue weighted by molar-refractivity contribution is -0.136. The van der Waals surface area contributed by atoms with E-state index in [2.05, 4.69) is 24.1 Å². The molecule has 1 aromatic rings. The van der Waals surface area contributed by atoms with E-state index >= 15 is 0 Å². The maximum atomic E-state index is 12.7. The van der Waals surface area contributed by atoms with Crippen molar-refractivity contribution < 1.29 is 14.4 Å². The molecule has 2 aliphatic heterocycles. The first kappa shape index (κ1) is 22.7. The van der Waals surface area contributed by atoms with Crippen molar-refractivity contribution in [2.75, 3.05) is 52.4 Å². The van der Waals surface area contributed by atoms with Crippen molar-refractivity contribution in [3.63, 3.8) is 0 Å². The molecule has 2 saturated heterocycles. The summed E-state index contributed by atoms with van der Waals surface area (Å²) in [6.07, 6.45) is 2.27. The summed E-state index contributed by atoms with van der Waals surface area (Å²) in [6.45, 7) is 9.94. The van der Waals surface area contributed by atoms with Crippen LogP contribution in [0.15, 0.2) is 16.8 Å². The number of amides is 3. The van der Waals surface area contributed by atoms with Gasteiger partial charge in [-0.15, -0.1) is 0 Å². The molecule has 2 atom stereocenters. The fourth-order valence-electron chi connectivity index (χ4n) is 4.41. The predicted molar refractivity (Wildman–Crippen MR) is 118 cm³/mol. The third kappa shape index (κ3) is 6.54. The lowest BCUT2D eigenvalue weighted by atomic mass is 9.92. The number of hydrogen-bond donors (Lipinski definition) is 1. The van der Waals surface area contributed by atoms with Crippen molar-refractivity contribution in [3.05, 3.63) is 22.4 Å². The van der Waals surface area contributed by atoms with Crippen molar-refractivity contribution in [1.29, 1.82) is 0 Å². The van der Waals surface area contributed by atoms with Crippen LogP contribution in [0.4, 0.5) is 0 Å². The summed E-state index contributed by atoms with van der Waals surface area (Å²) in [5, 5.41) is 6.55. The van der Waals surface area contributed by atoms with Crippen LogP contribution in [0.5, 0.6) is 0 Å². The van der Waals surface area contributed by atoms with Crippen LogP contribution in [0.25, 0.3) is 0 Å². The molecule has 2 aliphatic rings. The van der Waals surface area contributed by atoms with Gasteiger partial charge in [-0.25, -0.2) is 0 Å². The Balaban J connectivity index is 1.31. The molecule has 3 rings (SSSR count). The largest absolute Gasteiger partial charge is 0.352 e. The molecule has 166 valence electrons. The average molecular weight is 435 g/mol. The normalized spacial score (nSPS) is 22.7. The van der Waals surface area contributed by atoms with Crippen molar-refractivity contribution in [2.24, 2.45) is 11.8 Å². The fraction of sp³-hybridized carbons (Fsp3) is 0.682. The Bertz CT molecular complexity index is 706. The van der Waals surface area contributed by atoms with Crippen LogP contribution >= 0.6 is 11.3 Å². The minimum Gasteiger partial charge on any atom is -0.352 e. The predicted octanol–water partition coefficient (Wildman–Crippen LogP) is 1.91. The Morgan fingerprint density at radius 2 is 1.73 bits per heavy atom. The number of rotatable bonds is 7. The Hall–Kier alpha value is -1.93. The highest BCUT2D eigenvalue weighted by atomic mass is 32.1. The number of carbonyl (C=O) groups is 3. The molecule has 3 amide bonds. The van der Waals surface area contributed by atoms with Crippen LogP contribution in [0.1, 0.15) is 43.5 Å². The molecule has 0 saturated carbocycles. The van der Waals surface area contributed by atoms with Gasteiger partial charge in [0.05, 0.1) is 6.54 Å². The minimum atomic E-state index is -0.0838. The molecule has 0 aromatic carbocycles. The van der Waals surface area contributed by atoms with Gasteiger partial charge in [-0.3, -0.25) is 19.3 Å². The SMILES string of the molecule is CC1CC(C)CN(C(=O)CN2CCN(C(=O)CCCNC(=O)c3ccsc3)CC2)C1. The topological polar surface area (TPSA) is 73.0 Å². The first-order valence-corrected chi connectivity index (χ1v) is 11.9. The average Bonchev–Trinajstić information content (AvgIpc) is 3.25. The second-order valence-electron chi connectivity index (χ2n) is 8.77. The lowest BCUT2D eigenvalue weighted by Crippen LogP contribution is -2.53. The number of nitrogens with zero attached hydrogens (tertiary/aromatic N) is 3. The number of hydrogen-bond acceptors (Lipinski definition) is 5. The molecule has 1 N–H and O–H groups in total. The van der Waals surface area contributed by atoms with Crippen LogP contribution in [0.2, 0.25) is 0 Å². The number of piperidine rings is 1. The quantitative estimate of drug-likeness (QED) is 0.666. The Morgan fingerprint density at radius 1 is 1.03 bits per heavy atom. The lowest BCUT2D eigenvalue weighted by Gasteiger charge is -2.38. The molecule has 2 fully saturated rings. The number of carbonyl (C=O) groups excluding carboxylic acids is 3. The molecule has 0 radical (unpaired) electrons. The van der Waals surface area contributed by atoms with E-state index in [4.69, 9.17) is 0 Å². The van der Waals surface area contributed by atoms with Gasteiger partial charge in [0.25, 0.3) is 5.91 Å². The molecule has 2 unspecified atom stereocenters. The molecule has 0 spiro atoms. The Kier molecular flexibility index (Phi) is 8.27. The van der Waals surface area contributed by atoms with Gasteiger partial charge in [0.2, 0.25) is 11.8 Å². The van der Waals surface area contributed by atoms with E-state index in [0.717, 1.165) is 26.2 Å². The maximum absolute atomic E-state index is 12.7. The summed E-state index contributed by atoms with van der Waals surface area (Å²) in [5.41, 5.74) is 0.672. The smallest absolute Gasteiger partial charge is 0.252 e. The third-order valence-corrected chi connectivity index (χ3v) is 6.63. The van der Waals surface area contributed by atoms with Gasteiger partial charge in [-0.2, -0.15) is 11.3 Å². The summed E-state index contributed by atoms with van der Waals surface area (Å²) in [5.74, 6) is 1.41. The van der Waals surface area contributed by atoms with E-state index in [1.54, 1.807) is 6.07 Å². The van der Waals surface area contributed by atoms with Crippen LogP contribution in [-0.2, 0) is 9.59 Å². The van der Waals surface area contributed by atoms with Gasteiger partial charge >= 0.3 is 0 Å². The Morgan fingerprint density at radius 3 is 2.37 bits per heavy atom. The first-order chi connectivity index (χ1) is 14.4. The molecular weight excluding hydrogens is 400 g/mol. The summed E-state index contributed by atoms with van der Waals surface area (Å²) in [6, 6.07) is 1.79.